The highest BCUT2D eigenvalue weighted by Crippen LogP contribution is 2.20. The smallest absolute Gasteiger partial charge is 0.202 e. The van der Waals surface area contributed by atoms with Crippen LogP contribution in [0.15, 0.2) is 55.1 Å². The van der Waals surface area contributed by atoms with E-state index in [4.69, 9.17) is 28.9 Å². The Bertz CT molecular complexity index is 911. The number of aromatic nitrogens is 3. The van der Waals surface area contributed by atoms with Crippen LogP contribution in [-0.4, -0.2) is 20.9 Å². The second-order valence-corrected chi connectivity index (χ2v) is 7.98. The number of hydrogen-bond donors (Lipinski definition) is 1. The summed E-state index contributed by atoms with van der Waals surface area (Å²) in [7, 11) is 1.96. The number of thiophene rings is 1. The maximum atomic E-state index is 6.05. The van der Waals surface area contributed by atoms with Crippen LogP contribution in [0.2, 0.25) is 4.34 Å². The van der Waals surface area contributed by atoms with Gasteiger partial charge in [-0.05, 0) is 30.4 Å². The van der Waals surface area contributed by atoms with E-state index in [1.807, 2.05) is 58.8 Å². The molecule has 0 fully saturated rings. The van der Waals surface area contributed by atoms with Crippen LogP contribution in [0.1, 0.15) is 4.88 Å². The molecule has 2 heterocycles. The monoisotopic (exact) mass is 391 g/mol. The Labute approximate surface area is 161 Å². The number of rotatable bonds is 7. The summed E-state index contributed by atoms with van der Waals surface area (Å²) in [4.78, 5) is 2.55. The predicted molar refractivity (Wildman–Crippen MR) is 107 cm³/mol. The van der Waals surface area contributed by atoms with E-state index >= 15 is 0 Å². The normalized spacial score (nSPS) is 12.2. The van der Waals surface area contributed by atoms with Crippen molar-refractivity contribution in [1.29, 1.82) is 0 Å². The van der Waals surface area contributed by atoms with Gasteiger partial charge in [0.05, 0.1) is 15.8 Å². The van der Waals surface area contributed by atoms with E-state index < -0.39 is 0 Å². The van der Waals surface area contributed by atoms with Crippen molar-refractivity contribution in [1.82, 2.24) is 14.3 Å². The lowest BCUT2D eigenvalue weighted by atomic mass is 10.2. The zero-order chi connectivity index (χ0) is 17.8. The number of halogens is 1. The third kappa shape index (κ3) is 4.27. The minimum atomic E-state index is 0.682. The highest BCUT2D eigenvalue weighted by molar-refractivity contribution is 7.71. The minimum absolute atomic E-state index is 0.682. The molecule has 4 nitrogen and oxygen atoms in total. The van der Waals surface area contributed by atoms with Gasteiger partial charge in [-0.25, -0.2) is 0 Å². The molecule has 0 aliphatic carbocycles. The Hall–Kier alpha value is -1.73. The van der Waals surface area contributed by atoms with Gasteiger partial charge in [0, 0.05) is 12.6 Å². The van der Waals surface area contributed by atoms with Crippen molar-refractivity contribution in [2.45, 2.75) is 13.2 Å². The Kier molecular flexibility index (Phi) is 5.86. The molecule has 2 aromatic heterocycles. The molecule has 1 N–H and O–H groups in total. The quantitative estimate of drug-likeness (QED) is 0.492. The number of benzene rings is 1. The second-order valence-electron chi connectivity index (χ2n) is 5.81. The average Bonchev–Trinajstić information content (AvgIpc) is 3.14. The molecule has 130 valence electrons. The van der Waals surface area contributed by atoms with Crippen LogP contribution in [0.5, 0.6) is 0 Å². The Balaban J connectivity index is 1.85. The first-order chi connectivity index (χ1) is 12.1. The van der Waals surface area contributed by atoms with Crippen LogP contribution < -0.4 is 4.90 Å². The second kappa shape index (κ2) is 8.10. The van der Waals surface area contributed by atoms with Gasteiger partial charge in [-0.1, -0.05) is 48.5 Å². The molecular formula is C18H20ClN4S2+. The molecule has 1 aromatic carbocycles. The summed E-state index contributed by atoms with van der Waals surface area (Å²) >= 11 is 13.3. The Morgan fingerprint density at radius 2 is 2.04 bits per heavy atom. The third-order valence-corrected chi connectivity index (χ3v) is 5.65. The molecule has 0 aliphatic rings. The van der Waals surface area contributed by atoms with Crippen molar-refractivity contribution in [3.8, 4) is 11.4 Å². The van der Waals surface area contributed by atoms with Crippen molar-refractivity contribution in [3.63, 3.8) is 0 Å². The van der Waals surface area contributed by atoms with Gasteiger partial charge in [-0.2, -0.15) is 4.68 Å². The number of nitrogens with one attached hydrogen (secondary N) is 1. The standard InChI is InChI=1S/C18H19ClN4S2/c1-3-11-22(12-15-9-10-16(19)25-15)13-23-18(24)21(2)17(20-23)14-7-5-4-6-8-14/h3-10H,1,11-13H2,2H3/p+1. The molecule has 0 saturated carbocycles. The van der Waals surface area contributed by atoms with Gasteiger partial charge in [-0.3, -0.25) is 0 Å². The lowest BCUT2D eigenvalue weighted by molar-refractivity contribution is -0.931. The van der Waals surface area contributed by atoms with E-state index in [0.29, 0.717) is 11.4 Å². The number of nitrogens with zero attached hydrogens (tertiary/aromatic N) is 3. The largest absolute Gasteiger partial charge is 0.309 e. The Morgan fingerprint density at radius 3 is 2.68 bits per heavy atom. The van der Waals surface area contributed by atoms with Gasteiger partial charge < -0.3 is 9.47 Å². The highest BCUT2D eigenvalue weighted by Gasteiger charge is 2.15. The molecule has 0 bridgehead atoms. The molecule has 0 spiro atoms. The van der Waals surface area contributed by atoms with E-state index in [-0.39, 0.29) is 0 Å². The summed E-state index contributed by atoms with van der Waals surface area (Å²) in [6, 6.07) is 14.1. The lowest BCUT2D eigenvalue weighted by Gasteiger charge is -2.16. The summed E-state index contributed by atoms with van der Waals surface area (Å²) in [5.41, 5.74) is 1.06. The minimum Gasteiger partial charge on any atom is -0.309 e. The highest BCUT2D eigenvalue weighted by atomic mass is 35.5. The summed E-state index contributed by atoms with van der Waals surface area (Å²) in [6.07, 6.45) is 1.93. The number of quaternary nitrogens is 1. The van der Waals surface area contributed by atoms with Crippen molar-refractivity contribution >= 4 is 35.2 Å². The van der Waals surface area contributed by atoms with Crippen molar-refractivity contribution in [2.75, 3.05) is 6.54 Å². The van der Waals surface area contributed by atoms with Crippen molar-refractivity contribution in [2.24, 2.45) is 7.05 Å². The summed E-state index contributed by atoms with van der Waals surface area (Å²) in [6.45, 7) is 6.25. The molecule has 0 saturated heterocycles. The van der Waals surface area contributed by atoms with Crippen LogP contribution in [0.25, 0.3) is 11.4 Å². The van der Waals surface area contributed by atoms with Gasteiger partial charge in [0.25, 0.3) is 0 Å². The van der Waals surface area contributed by atoms with Crippen LogP contribution >= 0.6 is 35.2 Å². The van der Waals surface area contributed by atoms with E-state index in [1.165, 1.54) is 9.78 Å². The van der Waals surface area contributed by atoms with Crippen LogP contribution in [0.4, 0.5) is 0 Å². The lowest BCUT2D eigenvalue weighted by Crippen LogP contribution is -3.09. The predicted octanol–water partition coefficient (Wildman–Crippen LogP) is 3.56. The molecule has 3 rings (SSSR count). The molecule has 7 heteroatoms. The van der Waals surface area contributed by atoms with Crippen LogP contribution in [0.3, 0.4) is 0 Å². The maximum Gasteiger partial charge on any atom is 0.202 e. The fourth-order valence-electron chi connectivity index (χ4n) is 2.73. The molecule has 1 unspecified atom stereocenters. The molecular weight excluding hydrogens is 372 g/mol. The molecule has 0 aliphatic heterocycles. The molecule has 1 atom stereocenters. The fraction of sp³-hybridized carbons (Fsp3) is 0.222. The van der Waals surface area contributed by atoms with Gasteiger partial charge >= 0.3 is 0 Å². The van der Waals surface area contributed by atoms with Crippen molar-refractivity contribution in [3.05, 3.63) is 69.1 Å². The molecule has 0 amide bonds. The van der Waals surface area contributed by atoms with E-state index in [1.54, 1.807) is 11.3 Å². The van der Waals surface area contributed by atoms with Crippen LogP contribution in [-0.2, 0) is 20.3 Å². The summed E-state index contributed by atoms with van der Waals surface area (Å²) in [5, 5.41) is 4.75. The van der Waals surface area contributed by atoms with Gasteiger partial charge in [0.1, 0.15) is 6.54 Å². The first kappa shape index (κ1) is 18.1. The van der Waals surface area contributed by atoms with Crippen molar-refractivity contribution < 1.29 is 4.90 Å². The fourth-order valence-corrected chi connectivity index (χ4v) is 4.08. The van der Waals surface area contributed by atoms with E-state index in [2.05, 4.69) is 12.6 Å². The van der Waals surface area contributed by atoms with Gasteiger partial charge in [0.15, 0.2) is 12.5 Å². The molecule has 25 heavy (non-hydrogen) atoms. The van der Waals surface area contributed by atoms with Gasteiger partial charge in [-0.15, -0.1) is 16.4 Å². The first-order valence-electron chi connectivity index (χ1n) is 7.96. The zero-order valence-electron chi connectivity index (χ0n) is 14.0. The van der Waals surface area contributed by atoms with E-state index in [0.717, 1.165) is 28.8 Å². The average molecular weight is 392 g/mol. The molecule has 3 aromatic rings. The SMILES string of the molecule is C=CC[NH+](Cc1ccc(Cl)s1)Cn1nc(-c2ccccc2)n(C)c1=S. The topological polar surface area (TPSA) is 27.2 Å². The maximum absolute atomic E-state index is 6.05. The summed E-state index contributed by atoms with van der Waals surface area (Å²) in [5.74, 6) is 0.878. The number of hydrogen-bond acceptors (Lipinski definition) is 3. The molecule has 0 radical (unpaired) electrons. The zero-order valence-corrected chi connectivity index (χ0v) is 16.4. The summed E-state index contributed by atoms with van der Waals surface area (Å²) < 4.78 is 5.38. The van der Waals surface area contributed by atoms with Crippen LogP contribution in [0, 0.1) is 4.77 Å². The third-order valence-electron chi connectivity index (χ3n) is 3.93. The van der Waals surface area contributed by atoms with Gasteiger partial charge in [0.2, 0.25) is 4.77 Å². The van der Waals surface area contributed by atoms with E-state index in [9.17, 15) is 0 Å². The first-order valence-corrected chi connectivity index (χ1v) is 9.56. The Morgan fingerprint density at radius 1 is 1.28 bits per heavy atom.